The highest BCUT2D eigenvalue weighted by molar-refractivity contribution is 5.94. The maximum atomic E-state index is 12.0. The number of rotatable bonds is 8. The first-order chi connectivity index (χ1) is 13.0. The van der Waals surface area contributed by atoms with E-state index in [0.29, 0.717) is 16.9 Å². The Morgan fingerprint density at radius 2 is 1.74 bits per heavy atom. The molecule has 0 bridgehead atoms. The highest BCUT2D eigenvalue weighted by Crippen LogP contribution is 2.18. The minimum atomic E-state index is -0.508. The lowest BCUT2D eigenvalue weighted by atomic mass is 10.1. The number of benzene rings is 2. The fraction of sp³-hybridized carbons (Fsp3) is 0.158. The number of carbonyl (C=O) groups excluding carboxylic acids is 2. The zero-order valence-electron chi connectivity index (χ0n) is 14.7. The number of nitrogens with one attached hydrogen (secondary N) is 2. The van der Waals surface area contributed by atoms with Gasteiger partial charge in [0.05, 0.1) is 17.6 Å². The Balaban J connectivity index is 1.77. The number of hydrogen-bond acceptors (Lipinski definition) is 5. The summed E-state index contributed by atoms with van der Waals surface area (Å²) >= 11 is 0. The lowest BCUT2D eigenvalue weighted by Gasteiger charge is -2.06. The average molecular weight is 369 g/mol. The van der Waals surface area contributed by atoms with E-state index in [-0.39, 0.29) is 24.7 Å². The van der Waals surface area contributed by atoms with Crippen LogP contribution < -0.4 is 15.4 Å². The first-order valence-corrected chi connectivity index (χ1v) is 8.13. The van der Waals surface area contributed by atoms with E-state index < -0.39 is 10.8 Å². The Labute approximate surface area is 156 Å². The van der Waals surface area contributed by atoms with Gasteiger partial charge in [-0.1, -0.05) is 12.1 Å². The van der Waals surface area contributed by atoms with Gasteiger partial charge in [-0.15, -0.1) is 0 Å². The first kappa shape index (κ1) is 19.6. The number of nitro benzene ring substituents is 1. The number of methoxy groups -OCH3 is 1. The highest BCUT2D eigenvalue weighted by Gasteiger charge is 2.09. The molecule has 8 nitrogen and oxygen atoms in total. The molecule has 140 valence electrons. The molecule has 0 aliphatic heterocycles. The van der Waals surface area contributed by atoms with Crippen LogP contribution in [-0.4, -0.2) is 36.9 Å². The molecule has 2 N–H and O–H groups in total. The molecule has 0 saturated carbocycles. The molecule has 0 saturated heterocycles. The lowest BCUT2D eigenvalue weighted by molar-refractivity contribution is -0.385. The van der Waals surface area contributed by atoms with Crippen molar-refractivity contribution in [3.63, 3.8) is 0 Å². The van der Waals surface area contributed by atoms with Crippen molar-refractivity contribution in [1.29, 1.82) is 0 Å². The summed E-state index contributed by atoms with van der Waals surface area (Å²) in [7, 11) is 1.54. The van der Waals surface area contributed by atoms with Gasteiger partial charge < -0.3 is 15.4 Å². The third-order valence-corrected chi connectivity index (χ3v) is 3.61. The summed E-state index contributed by atoms with van der Waals surface area (Å²) in [5, 5.41) is 16.2. The van der Waals surface area contributed by atoms with Gasteiger partial charge in [0.2, 0.25) is 5.91 Å². The van der Waals surface area contributed by atoms with Crippen molar-refractivity contribution < 1.29 is 19.2 Å². The Bertz CT molecular complexity index is 847. The highest BCUT2D eigenvalue weighted by atomic mass is 16.6. The molecule has 0 heterocycles. The third-order valence-electron chi connectivity index (χ3n) is 3.61. The molecule has 2 rings (SSSR count). The van der Waals surface area contributed by atoms with Crippen molar-refractivity contribution in [1.82, 2.24) is 10.6 Å². The van der Waals surface area contributed by atoms with Gasteiger partial charge in [-0.25, -0.2) is 0 Å². The molecule has 27 heavy (non-hydrogen) atoms. The van der Waals surface area contributed by atoms with E-state index >= 15 is 0 Å². The first-order valence-electron chi connectivity index (χ1n) is 8.13. The molecule has 0 unspecified atom stereocenters. The van der Waals surface area contributed by atoms with Crippen LogP contribution in [0.4, 0.5) is 5.69 Å². The van der Waals surface area contributed by atoms with Crippen LogP contribution in [-0.2, 0) is 4.79 Å². The molecular formula is C19H19N3O5. The van der Waals surface area contributed by atoms with Crippen molar-refractivity contribution in [3.8, 4) is 5.75 Å². The number of nitrogens with zero attached hydrogens (tertiary/aromatic N) is 1. The lowest BCUT2D eigenvalue weighted by Crippen LogP contribution is -2.33. The third kappa shape index (κ3) is 5.96. The molecule has 0 aromatic heterocycles. The van der Waals surface area contributed by atoms with Gasteiger partial charge in [0.15, 0.2) is 0 Å². The zero-order valence-corrected chi connectivity index (χ0v) is 14.7. The van der Waals surface area contributed by atoms with Crippen LogP contribution in [0.2, 0.25) is 0 Å². The smallest absolute Gasteiger partial charge is 0.276 e. The van der Waals surface area contributed by atoms with Crippen molar-refractivity contribution in [2.24, 2.45) is 0 Å². The van der Waals surface area contributed by atoms with Gasteiger partial charge in [-0.3, -0.25) is 19.7 Å². The fourth-order valence-electron chi connectivity index (χ4n) is 2.23. The molecule has 0 aliphatic carbocycles. The Morgan fingerprint density at radius 1 is 1.07 bits per heavy atom. The quantitative estimate of drug-likeness (QED) is 0.321. The molecule has 2 amide bonds. The fourth-order valence-corrected chi connectivity index (χ4v) is 2.23. The summed E-state index contributed by atoms with van der Waals surface area (Å²) in [4.78, 5) is 34.2. The number of carbonyl (C=O) groups is 2. The maximum absolute atomic E-state index is 12.0. The number of ether oxygens (including phenoxy) is 1. The molecule has 0 atom stereocenters. The zero-order chi connectivity index (χ0) is 19.6. The standard InChI is InChI=1S/C19H19N3O5/c1-27-16-9-6-15(7-10-16)19(24)21-13-12-20-18(23)11-8-14-4-2-3-5-17(14)22(25)26/h2-11H,12-13H2,1H3,(H,20,23)(H,21,24)/b11-8+. The normalized spacial score (nSPS) is 10.4. The van der Waals surface area contributed by atoms with Crippen molar-refractivity contribution in [3.05, 3.63) is 75.8 Å². The minimum Gasteiger partial charge on any atom is -0.497 e. The van der Waals surface area contributed by atoms with E-state index in [1.165, 1.54) is 18.2 Å². The summed E-state index contributed by atoms with van der Waals surface area (Å²) in [5.74, 6) is -0.0153. The van der Waals surface area contributed by atoms with Crippen molar-refractivity contribution >= 4 is 23.6 Å². The van der Waals surface area contributed by atoms with Gasteiger partial charge in [0.25, 0.3) is 11.6 Å². The predicted octanol–water partition coefficient (Wildman–Crippen LogP) is 2.16. The van der Waals surface area contributed by atoms with Gasteiger partial charge in [-0.05, 0) is 36.4 Å². The van der Waals surface area contributed by atoms with Gasteiger partial charge in [-0.2, -0.15) is 0 Å². The van der Waals surface area contributed by atoms with E-state index in [9.17, 15) is 19.7 Å². The molecule has 2 aromatic rings. The van der Waals surface area contributed by atoms with E-state index in [0.717, 1.165) is 0 Å². The van der Waals surface area contributed by atoms with Crippen LogP contribution >= 0.6 is 0 Å². The molecule has 0 fully saturated rings. The largest absolute Gasteiger partial charge is 0.497 e. The molecule has 8 heteroatoms. The van der Waals surface area contributed by atoms with E-state index in [4.69, 9.17) is 4.74 Å². The molecule has 0 radical (unpaired) electrons. The SMILES string of the molecule is COc1ccc(C(=O)NCCNC(=O)/C=C/c2ccccc2[N+](=O)[O-])cc1. The monoisotopic (exact) mass is 369 g/mol. The van der Waals surface area contributed by atoms with Crippen LogP contribution in [0.25, 0.3) is 6.08 Å². The summed E-state index contributed by atoms with van der Waals surface area (Å²) < 4.78 is 5.03. The van der Waals surface area contributed by atoms with Crippen molar-refractivity contribution in [2.75, 3.05) is 20.2 Å². The molecule has 2 aromatic carbocycles. The second-order valence-electron chi connectivity index (χ2n) is 5.42. The summed E-state index contributed by atoms with van der Waals surface area (Å²) in [5.41, 5.74) is 0.747. The second-order valence-corrected chi connectivity index (χ2v) is 5.42. The van der Waals surface area contributed by atoms with Gasteiger partial charge in [0, 0.05) is 30.8 Å². The van der Waals surface area contributed by atoms with Crippen LogP contribution in [0.5, 0.6) is 5.75 Å². The van der Waals surface area contributed by atoms with Gasteiger partial charge in [0.1, 0.15) is 5.75 Å². The number of amides is 2. The average Bonchev–Trinajstić information content (AvgIpc) is 2.69. The predicted molar refractivity (Wildman–Crippen MR) is 100 cm³/mol. The second kappa shape index (κ2) is 9.71. The number of hydrogen-bond donors (Lipinski definition) is 2. The summed E-state index contributed by atoms with van der Waals surface area (Å²) in [6.45, 7) is 0.470. The van der Waals surface area contributed by atoms with E-state index in [1.807, 2.05) is 0 Å². The number of para-hydroxylation sites is 1. The van der Waals surface area contributed by atoms with Gasteiger partial charge >= 0.3 is 0 Å². The van der Waals surface area contributed by atoms with Crippen LogP contribution in [0.3, 0.4) is 0 Å². The van der Waals surface area contributed by atoms with Crippen LogP contribution in [0.15, 0.2) is 54.6 Å². The summed E-state index contributed by atoms with van der Waals surface area (Å²) in [6.07, 6.45) is 2.59. The Hall–Kier alpha value is -3.68. The molecule has 0 spiro atoms. The number of nitro groups is 1. The molecule has 0 aliphatic rings. The summed E-state index contributed by atoms with van der Waals surface area (Å²) in [6, 6.07) is 12.8. The topological polar surface area (TPSA) is 111 Å². The maximum Gasteiger partial charge on any atom is 0.276 e. The molecular weight excluding hydrogens is 350 g/mol. The van der Waals surface area contributed by atoms with E-state index in [2.05, 4.69) is 10.6 Å². The Kier molecular flexibility index (Phi) is 7.07. The van der Waals surface area contributed by atoms with E-state index in [1.54, 1.807) is 49.6 Å². The minimum absolute atomic E-state index is 0.0756. The van der Waals surface area contributed by atoms with Crippen LogP contribution in [0.1, 0.15) is 15.9 Å². The Morgan fingerprint density at radius 3 is 2.41 bits per heavy atom. The van der Waals surface area contributed by atoms with Crippen LogP contribution in [0, 0.1) is 10.1 Å². The van der Waals surface area contributed by atoms with Crippen molar-refractivity contribution in [2.45, 2.75) is 0 Å².